The zero-order valence-electron chi connectivity index (χ0n) is 20.0. The first-order chi connectivity index (χ1) is 17.4. The second-order valence-electron chi connectivity index (χ2n) is 9.55. The number of anilines is 1. The summed E-state index contributed by atoms with van der Waals surface area (Å²) in [5.41, 5.74) is -1.52. The zero-order valence-corrected chi connectivity index (χ0v) is 20.8. The maximum atomic E-state index is 13.8. The van der Waals surface area contributed by atoms with Crippen LogP contribution in [-0.4, -0.2) is 81.1 Å². The molecule has 3 aliphatic rings. The molecule has 0 bridgehead atoms. The molecule has 1 unspecified atom stereocenters. The molecule has 0 aromatic carbocycles. The standard InChI is InChI=1S/C23H25ClF2N6O5/c1-12(29-21(36)23(24,25)26)18(33)31(2)15(8-13-5-6-13)19(34)32-11-22(9-14(32)10-27)20(35)30-17-16(37-22)4-3-7-28-17/h3-4,7,12-15H,5-6,8-9,11H2,1-2H3,(H,29,36)(H,28,30,35)/t12-,14?,15-,22+/m0/s1. The van der Waals surface area contributed by atoms with Crippen LogP contribution in [0.4, 0.5) is 14.6 Å². The number of alkyl halides is 3. The third kappa shape index (κ3) is 5.29. The Labute approximate surface area is 216 Å². The maximum Gasteiger partial charge on any atom is 0.399 e. The smallest absolute Gasteiger partial charge is 0.399 e. The number of fused-ring (bicyclic) bond motifs is 1. The van der Waals surface area contributed by atoms with Crippen LogP contribution in [0.25, 0.3) is 0 Å². The summed E-state index contributed by atoms with van der Waals surface area (Å²) in [6.45, 7) is 0.963. The van der Waals surface area contributed by atoms with E-state index >= 15 is 0 Å². The number of nitriles is 1. The van der Waals surface area contributed by atoms with Gasteiger partial charge in [-0.1, -0.05) is 12.8 Å². The van der Waals surface area contributed by atoms with Gasteiger partial charge in [0.1, 0.15) is 18.1 Å². The molecule has 37 heavy (non-hydrogen) atoms. The van der Waals surface area contributed by atoms with E-state index in [0.717, 1.165) is 17.7 Å². The molecule has 4 atom stereocenters. The topological polar surface area (TPSA) is 145 Å². The summed E-state index contributed by atoms with van der Waals surface area (Å²) in [6, 6.07) is 1.80. The summed E-state index contributed by atoms with van der Waals surface area (Å²) in [7, 11) is 1.33. The van der Waals surface area contributed by atoms with Crippen molar-refractivity contribution in [1.29, 1.82) is 5.26 Å². The van der Waals surface area contributed by atoms with Gasteiger partial charge in [-0.25, -0.2) is 4.98 Å². The van der Waals surface area contributed by atoms with Crippen LogP contribution in [0.5, 0.6) is 5.75 Å². The summed E-state index contributed by atoms with van der Waals surface area (Å²) in [5.74, 6) is -3.07. The molecule has 11 nitrogen and oxygen atoms in total. The van der Waals surface area contributed by atoms with Gasteiger partial charge in [-0.3, -0.25) is 19.2 Å². The number of pyridine rings is 1. The number of carbonyl (C=O) groups is 4. The average molecular weight is 539 g/mol. The molecule has 3 heterocycles. The number of ether oxygens (including phenoxy) is 1. The normalized spacial score (nSPS) is 24.3. The average Bonchev–Trinajstić information content (AvgIpc) is 3.60. The Morgan fingerprint density at radius 2 is 2.16 bits per heavy atom. The molecule has 14 heteroatoms. The van der Waals surface area contributed by atoms with Crippen LogP contribution in [0.3, 0.4) is 0 Å². The molecule has 1 aliphatic carbocycles. The molecule has 4 amide bonds. The fourth-order valence-electron chi connectivity index (χ4n) is 4.59. The Kier molecular flexibility index (Phi) is 6.98. The second kappa shape index (κ2) is 9.74. The molecule has 1 saturated heterocycles. The van der Waals surface area contributed by atoms with Crippen molar-refractivity contribution in [3.8, 4) is 11.8 Å². The minimum Gasteiger partial charge on any atom is -0.472 e. The number of halogens is 3. The van der Waals surface area contributed by atoms with E-state index in [4.69, 9.17) is 16.3 Å². The van der Waals surface area contributed by atoms with E-state index in [1.54, 1.807) is 12.1 Å². The Hall–Kier alpha value is -3.53. The van der Waals surface area contributed by atoms with Crippen LogP contribution in [0.15, 0.2) is 18.3 Å². The first-order valence-corrected chi connectivity index (χ1v) is 12.0. The number of nitrogens with zero attached hydrogens (tertiary/aromatic N) is 4. The van der Waals surface area contributed by atoms with Gasteiger partial charge in [0.2, 0.25) is 17.4 Å². The number of rotatable bonds is 7. The number of likely N-dealkylation sites (N-methyl/N-ethyl adjacent to an activating group) is 1. The van der Waals surface area contributed by atoms with Crippen LogP contribution < -0.4 is 15.4 Å². The summed E-state index contributed by atoms with van der Waals surface area (Å²) >= 11 is 4.72. The van der Waals surface area contributed by atoms with Crippen molar-refractivity contribution in [2.45, 2.75) is 61.7 Å². The van der Waals surface area contributed by atoms with Crippen molar-refractivity contribution in [3.05, 3.63) is 18.3 Å². The summed E-state index contributed by atoms with van der Waals surface area (Å²) in [5, 5.41) is 10.1. The molecule has 1 aromatic rings. The summed E-state index contributed by atoms with van der Waals surface area (Å²) < 4.78 is 32.1. The zero-order chi connectivity index (χ0) is 27.1. The Morgan fingerprint density at radius 3 is 2.78 bits per heavy atom. The van der Waals surface area contributed by atoms with Crippen LogP contribution in [0.1, 0.15) is 32.6 Å². The van der Waals surface area contributed by atoms with Crippen molar-refractivity contribution in [3.63, 3.8) is 0 Å². The number of likely N-dealkylation sites (tertiary alicyclic amines) is 1. The molecule has 4 rings (SSSR count). The monoisotopic (exact) mass is 538 g/mol. The molecule has 2 aliphatic heterocycles. The van der Waals surface area contributed by atoms with Crippen molar-refractivity contribution < 1.29 is 32.7 Å². The van der Waals surface area contributed by atoms with Crippen molar-refractivity contribution in [2.75, 3.05) is 18.9 Å². The second-order valence-corrected chi connectivity index (χ2v) is 10.0. The van der Waals surface area contributed by atoms with E-state index in [1.165, 1.54) is 25.1 Å². The maximum absolute atomic E-state index is 13.8. The lowest BCUT2D eigenvalue weighted by atomic mass is 9.97. The van der Waals surface area contributed by atoms with Crippen molar-refractivity contribution >= 4 is 41.0 Å². The largest absolute Gasteiger partial charge is 0.472 e. The van der Waals surface area contributed by atoms with Crippen molar-refractivity contribution in [1.82, 2.24) is 20.1 Å². The Morgan fingerprint density at radius 1 is 1.46 bits per heavy atom. The molecular weight excluding hydrogens is 514 g/mol. The minimum absolute atomic E-state index is 0.0967. The summed E-state index contributed by atoms with van der Waals surface area (Å²) in [6.07, 6.45) is 3.35. The van der Waals surface area contributed by atoms with Gasteiger partial charge in [0, 0.05) is 19.7 Å². The Bertz CT molecular complexity index is 1170. The Balaban J connectivity index is 1.55. The molecule has 2 fully saturated rings. The van der Waals surface area contributed by atoms with Gasteiger partial charge >= 0.3 is 11.3 Å². The highest BCUT2D eigenvalue weighted by atomic mass is 35.5. The predicted octanol–water partition coefficient (Wildman–Crippen LogP) is 1.24. The molecule has 1 aromatic heterocycles. The highest BCUT2D eigenvalue weighted by molar-refractivity contribution is 6.32. The van der Waals surface area contributed by atoms with Crippen LogP contribution in [-0.2, 0) is 19.2 Å². The van der Waals surface area contributed by atoms with Gasteiger partial charge in [0.25, 0.3) is 5.91 Å². The third-order valence-electron chi connectivity index (χ3n) is 6.81. The fourth-order valence-corrected chi connectivity index (χ4v) is 4.64. The van der Waals surface area contributed by atoms with Crippen LogP contribution in [0, 0.1) is 17.2 Å². The van der Waals surface area contributed by atoms with E-state index in [0.29, 0.717) is 5.75 Å². The number of aromatic nitrogens is 1. The van der Waals surface area contributed by atoms with Gasteiger partial charge < -0.3 is 25.2 Å². The predicted molar refractivity (Wildman–Crippen MR) is 124 cm³/mol. The first-order valence-electron chi connectivity index (χ1n) is 11.7. The van der Waals surface area contributed by atoms with Crippen molar-refractivity contribution in [2.24, 2.45) is 5.92 Å². The molecule has 0 radical (unpaired) electrons. The number of carbonyl (C=O) groups excluding carboxylic acids is 4. The fraction of sp³-hybridized carbons (Fsp3) is 0.565. The number of amides is 4. The molecule has 2 N–H and O–H groups in total. The van der Waals surface area contributed by atoms with Gasteiger partial charge in [-0.15, -0.1) is 0 Å². The van der Waals surface area contributed by atoms with Crippen LogP contribution in [0.2, 0.25) is 0 Å². The molecule has 198 valence electrons. The lowest BCUT2D eigenvalue weighted by Crippen LogP contribution is -2.57. The quantitative estimate of drug-likeness (QED) is 0.497. The SMILES string of the molecule is C[C@H](NC(=O)C(F)(F)Cl)C(=O)N(C)[C@@H](CC1CC1)C(=O)N1C[C@@]2(CC1C#N)Oc1cccnc1NC2=O. The number of nitrogens with one attached hydrogen (secondary N) is 2. The lowest BCUT2D eigenvalue weighted by Gasteiger charge is -2.35. The van der Waals surface area contributed by atoms with E-state index in [9.17, 15) is 33.2 Å². The molecular formula is C23H25ClF2N6O5. The molecule has 1 saturated carbocycles. The third-order valence-corrected chi connectivity index (χ3v) is 6.98. The van der Waals surface area contributed by atoms with E-state index in [2.05, 4.69) is 10.3 Å². The van der Waals surface area contributed by atoms with Gasteiger partial charge in [-0.05, 0) is 43.0 Å². The first kappa shape index (κ1) is 26.5. The molecule has 1 spiro atoms. The number of hydrogen-bond donors (Lipinski definition) is 2. The van der Waals surface area contributed by atoms with Gasteiger partial charge in [-0.2, -0.15) is 14.0 Å². The van der Waals surface area contributed by atoms with E-state index < -0.39 is 52.7 Å². The van der Waals surface area contributed by atoms with E-state index in [1.807, 2.05) is 11.4 Å². The highest BCUT2D eigenvalue weighted by Crippen LogP contribution is 2.40. The van der Waals surface area contributed by atoms with E-state index in [-0.39, 0.29) is 31.1 Å². The van der Waals surface area contributed by atoms with Gasteiger partial charge in [0.05, 0.1) is 12.6 Å². The number of hydrogen-bond acceptors (Lipinski definition) is 7. The summed E-state index contributed by atoms with van der Waals surface area (Å²) in [4.78, 5) is 57.6. The lowest BCUT2D eigenvalue weighted by molar-refractivity contribution is -0.148. The van der Waals surface area contributed by atoms with Crippen LogP contribution >= 0.6 is 11.6 Å². The minimum atomic E-state index is -4.20. The highest BCUT2D eigenvalue weighted by Gasteiger charge is 2.56. The van der Waals surface area contributed by atoms with Gasteiger partial charge in [0.15, 0.2) is 11.6 Å².